The fourth-order valence-corrected chi connectivity index (χ4v) is 4.46. The first-order valence-corrected chi connectivity index (χ1v) is 10.5. The molecule has 0 bridgehead atoms. The number of ketones is 1. The molecule has 4 rings (SSSR count). The number of benzene rings is 1. The van der Waals surface area contributed by atoms with Gasteiger partial charge in [0.25, 0.3) is 0 Å². The Morgan fingerprint density at radius 1 is 1.30 bits per heavy atom. The lowest BCUT2D eigenvalue weighted by Crippen LogP contribution is -3.06. The van der Waals surface area contributed by atoms with Crippen LogP contribution in [0.2, 0.25) is 0 Å². The van der Waals surface area contributed by atoms with Crippen molar-refractivity contribution < 1.29 is 19.3 Å². The number of hydrogen-bond donors (Lipinski definition) is 1. The molecule has 1 fully saturated rings. The van der Waals surface area contributed by atoms with Crippen LogP contribution in [0.5, 0.6) is 11.5 Å². The van der Waals surface area contributed by atoms with Crippen molar-refractivity contribution in [2.75, 3.05) is 6.61 Å². The van der Waals surface area contributed by atoms with Gasteiger partial charge in [0, 0.05) is 24.9 Å². The van der Waals surface area contributed by atoms with Crippen LogP contribution >= 0.6 is 0 Å². The lowest BCUT2D eigenvalue weighted by Gasteiger charge is -2.29. The number of aromatic nitrogens is 1. The molecule has 0 spiro atoms. The summed E-state index contributed by atoms with van der Waals surface area (Å²) in [5.41, 5.74) is 1.46. The molecule has 30 heavy (non-hydrogen) atoms. The second kappa shape index (κ2) is 8.82. The number of quaternary nitrogens is 1. The Balaban J connectivity index is 1.69. The number of Topliss-reactive ketones (excluding diaryl/α,β-unsaturated/α-hetero) is 1. The number of carbonyl (C=O) groups excluding carboxylic acids is 1. The molecule has 1 saturated carbocycles. The summed E-state index contributed by atoms with van der Waals surface area (Å²) in [7, 11) is 0. The maximum atomic E-state index is 13.0. The SMILES string of the molecule is CCOc1ccc(C(CC#N)C2C(=O)c3cnccc3[NH+]2[O-])cc1OC1CCCC1. The van der Waals surface area contributed by atoms with Gasteiger partial charge in [-0.1, -0.05) is 6.07 Å². The number of hydroxylamine groups is 1. The van der Waals surface area contributed by atoms with Crippen LogP contribution in [0.25, 0.3) is 0 Å². The van der Waals surface area contributed by atoms with E-state index in [0.717, 1.165) is 31.2 Å². The van der Waals surface area contributed by atoms with Gasteiger partial charge < -0.3 is 19.7 Å². The van der Waals surface area contributed by atoms with Gasteiger partial charge in [0.1, 0.15) is 11.3 Å². The number of pyridine rings is 1. The van der Waals surface area contributed by atoms with Gasteiger partial charge >= 0.3 is 0 Å². The van der Waals surface area contributed by atoms with E-state index in [0.29, 0.717) is 29.4 Å². The van der Waals surface area contributed by atoms with Crippen molar-refractivity contribution >= 4 is 11.5 Å². The van der Waals surface area contributed by atoms with E-state index in [1.807, 2.05) is 25.1 Å². The first kappa shape index (κ1) is 20.3. The van der Waals surface area contributed by atoms with Gasteiger partial charge in [-0.05, 0) is 50.3 Å². The van der Waals surface area contributed by atoms with Crippen molar-refractivity contribution in [1.82, 2.24) is 4.98 Å². The van der Waals surface area contributed by atoms with E-state index in [1.165, 1.54) is 12.4 Å². The summed E-state index contributed by atoms with van der Waals surface area (Å²) < 4.78 is 11.9. The zero-order chi connectivity index (χ0) is 21.1. The average Bonchev–Trinajstić information content (AvgIpc) is 3.35. The predicted octanol–water partition coefficient (Wildman–Crippen LogP) is 3.08. The molecule has 1 aliphatic carbocycles. The Hall–Kier alpha value is -2.95. The Morgan fingerprint density at radius 2 is 2.10 bits per heavy atom. The van der Waals surface area contributed by atoms with Gasteiger partial charge in [-0.3, -0.25) is 9.78 Å². The molecule has 1 aromatic heterocycles. The fourth-order valence-electron chi connectivity index (χ4n) is 4.46. The molecule has 0 saturated heterocycles. The quantitative estimate of drug-likeness (QED) is 0.708. The molecule has 0 amide bonds. The highest BCUT2D eigenvalue weighted by molar-refractivity contribution is 6.05. The summed E-state index contributed by atoms with van der Waals surface area (Å²) in [6.07, 6.45) is 7.42. The number of nitrogens with zero attached hydrogens (tertiary/aromatic N) is 2. The number of rotatable bonds is 7. The molecular weight excluding hydrogens is 382 g/mol. The molecule has 7 heteroatoms. The summed E-state index contributed by atoms with van der Waals surface area (Å²) in [6.45, 7) is 2.41. The van der Waals surface area contributed by atoms with E-state index in [4.69, 9.17) is 9.47 Å². The van der Waals surface area contributed by atoms with Crippen LogP contribution < -0.4 is 14.5 Å². The van der Waals surface area contributed by atoms with E-state index in [2.05, 4.69) is 11.1 Å². The molecule has 0 radical (unpaired) electrons. The van der Waals surface area contributed by atoms with Crippen LogP contribution in [0.1, 0.15) is 60.9 Å². The summed E-state index contributed by atoms with van der Waals surface area (Å²) in [5.74, 6) is 0.432. The smallest absolute Gasteiger partial charge is 0.228 e. The number of fused-ring (bicyclic) bond motifs is 1. The number of ether oxygens (including phenoxy) is 2. The van der Waals surface area contributed by atoms with Crippen LogP contribution in [-0.4, -0.2) is 29.5 Å². The highest BCUT2D eigenvalue weighted by atomic mass is 16.5. The topological polar surface area (TPSA) is 99.7 Å². The Kier molecular flexibility index (Phi) is 5.98. The van der Waals surface area contributed by atoms with Crippen molar-refractivity contribution in [3.05, 3.63) is 53.0 Å². The molecule has 1 N–H and O–H groups in total. The lowest BCUT2D eigenvalue weighted by molar-refractivity contribution is -0.792. The van der Waals surface area contributed by atoms with Crippen LogP contribution in [0.15, 0.2) is 36.7 Å². The first-order chi connectivity index (χ1) is 14.6. The van der Waals surface area contributed by atoms with Gasteiger partial charge in [-0.25, -0.2) is 0 Å². The molecule has 7 nitrogen and oxygen atoms in total. The van der Waals surface area contributed by atoms with Gasteiger partial charge in [0.15, 0.2) is 17.5 Å². The molecule has 2 heterocycles. The second-order valence-corrected chi connectivity index (χ2v) is 7.76. The van der Waals surface area contributed by atoms with Gasteiger partial charge in [0.2, 0.25) is 5.78 Å². The van der Waals surface area contributed by atoms with Gasteiger partial charge in [-0.2, -0.15) is 5.26 Å². The predicted molar refractivity (Wildman–Crippen MR) is 110 cm³/mol. The molecule has 3 atom stereocenters. The molecule has 1 aliphatic heterocycles. The number of hydrogen-bond acceptors (Lipinski definition) is 6. The number of nitriles is 1. The third kappa shape index (κ3) is 3.76. The largest absolute Gasteiger partial charge is 0.628 e. The Morgan fingerprint density at radius 3 is 2.80 bits per heavy atom. The standard InChI is InChI=1S/C23H25N3O4/c1-2-29-20-8-7-15(13-21(20)30-16-5-3-4-6-16)17(9-11-24)22-23(27)18-14-25-12-10-19(18)26(22)28/h7-8,10,12-14,16-17,22,26H,2-6,9H2,1H3. The summed E-state index contributed by atoms with van der Waals surface area (Å²) in [6, 6.07) is 8.29. The normalized spacial score (nSPS) is 21.8. The zero-order valence-corrected chi connectivity index (χ0v) is 17.0. The van der Waals surface area contributed by atoms with E-state index >= 15 is 0 Å². The third-order valence-electron chi connectivity index (χ3n) is 5.92. The van der Waals surface area contributed by atoms with Crippen LogP contribution in [0.3, 0.4) is 0 Å². The minimum absolute atomic E-state index is 0.0560. The highest BCUT2D eigenvalue weighted by Gasteiger charge is 2.44. The Bertz CT molecular complexity index is 965. The minimum Gasteiger partial charge on any atom is -0.628 e. The minimum atomic E-state index is -0.916. The van der Waals surface area contributed by atoms with Gasteiger partial charge in [-0.15, -0.1) is 0 Å². The first-order valence-electron chi connectivity index (χ1n) is 10.5. The van der Waals surface area contributed by atoms with Crippen LogP contribution in [0.4, 0.5) is 5.69 Å². The summed E-state index contributed by atoms with van der Waals surface area (Å²) >= 11 is 0. The maximum absolute atomic E-state index is 13.0. The molecule has 1 aromatic carbocycles. The van der Waals surface area contributed by atoms with Crippen molar-refractivity contribution in [3.8, 4) is 17.6 Å². The van der Waals surface area contributed by atoms with Gasteiger partial charge in [0.05, 0.1) is 24.7 Å². The molecular formula is C23H25N3O4. The van der Waals surface area contributed by atoms with E-state index < -0.39 is 12.0 Å². The Labute approximate surface area is 175 Å². The van der Waals surface area contributed by atoms with E-state index in [9.17, 15) is 15.3 Å². The zero-order valence-electron chi connectivity index (χ0n) is 17.0. The summed E-state index contributed by atoms with van der Waals surface area (Å²) in [4.78, 5) is 17.0. The molecule has 2 aliphatic rings. The van der Waals surface area contributed by atoms with Crippen molar-refractivity contribution in [3.63, 3.8) is 0 Å². The summed E-state index contributed by atoms with van der Waals surface area (Å²) in [5, 5.41) is 22.2. The van der Waals surface area contributed by atoms with Crippen LogP contribution in [0, 0.1) is 16.5 Å². The highest BCUT2D eigenvalue weighted by Crippen LogP contribution is 2.37. The van der Waals surface area contributed by atoms with Crippen molar-refractivity contribution in [2.24, 2.45) is 0 Å². The molecule has 2 aromatic rings. The third-order valence-corrected chi connectivity index (χ3v) is 5.92. The maximum Gasteiger partial charge on any atom is 0.228 e. The molecule has 156 valence electrons. The fraction of sp³-hybridized carbons (Fsp3) is 0.435. The molecule has 3 unspecified atom stereocenters. The van der Waals surface area contributed by atoms with E-state index in [-0.39, 0.29) is 23.4 Å². The lowest BCUT2D eigenvalue weighted by atomic mass is 9.86. The average molecular weight is 407 g/mol. The van der Waals surface area contributed by atoms with Crippen molar-refractivity contribution in [2.45, 2.75) is 57.1 Å². The van der Waals surface area contributed by atoms with Crippen molar-refractivity contribution in [1.29, 1.82) is 5.26 Å². The monoisotopic (exact) mass is 407 g/mol. The van der Waals surface area contributed by atoms with E-state index in [1.54, 1.807) is 6.07 Å². The number of nitrogens with one attached hydrogen (secondary N) is 1. The van der Waals surface area contributed by atoms with Crippen LogP contribution in [-0.2, 0) is 0 Å². The number of carbonyl (C=O) groups is 1. The second-order valence-electron chi connectivity index (χ2n) is 7.76.